The fourth-order valence-corrected chi connectivity index (χ4v) is 2.44. The van der Waals surface area contributed by atoms with Gasteiger partial charge in [0.25, 0.3) is 0 Å². The number of rotatable bonds is 4. The van der Waals surface area contributed by atoms with E-state index in [-0.39, 0.29) is 0 Å². The summed E-state index contributed by atoms with van der Waals surface area (Å²) in [6.07, 6.45) is -6.48. The number of alkyl halides is 3. The molecular formula is C17H16ClF3O2. The fraction of sp³-hybridized carbons (Fsp3) is 0.294. The summed E-state index contributed by atoms with van der Waals surface area (Å²) < 4.78 is 37.6. The number of benzene rings is 2. The standard InChI is InChI=1S/C17H16ClF3O2/c1-10(16(23)12-4-8-14(18)9-5-12)15(22)11-2-6-13(7-3-11)17(19,20)21/h2-10,15-16,22-23H,1H3/t10-,15-,16-/m0/s1. The Hall–Kier alpha value is -1.56. The van der Waals surface area contributed by atoms with E-state index < -0.39 is 29.9 Å². The molecule has 0 unspecified atom stereocenters. The van der Waals surface area contributed by atoms with Gasteiger partial charge in [0.05, 0.1) is 17.8 Å². The lowest BCUT2D eigenvalue weighted by Gasteiger charge is -2.25. The van der Waals surface area contributed by atoms with E-state index in [0.29, 0.717) is 16.1 Å². The zero-order chi connectivity index (χ0) is 17.2. The molecule has 0 aromatic heterocycles. The summed E-state index contributed by atoms with van der Waals surface area (Å²) in [6, 6.07) is 10.8. The first-order valence-electron chi connectivity index (χ1n) is 6.99. The average molecular weight is 345 g/mol. The van der Waals surface area contributed by atoms with Crippen LogP contribution in [0.3, 0.4) is 0 Å². The molecule has 0 amide bonds. The van der Waals surface area contributed by atoms with Crippen molar-refractivity contribution in [2.75, 3.05) is 0 Å². The fourth-order valence-electron chi connectivity index (χ4n) is 2.31. The number of halogens is 4. The van der Waals surface area contributed by atoms with Crippen molar-refractivity contribution in [3.05, 3.63) is 70.2 Å². The second-order valence-electron chi connectivity index (χ2n) is 5.42. The van der Waals surface area contributed by atoms with E-state index in [4.69, 9.17) is 11.6 Å². The van der Waals surface area contributed by atoms with Crippen molar-refractivity contribution >= 4 is 11.6 Å². The summed E-state index contributed by atoms with van der Waals surface area (Å²) in [7, 11) is 0. The number of aliphatic hydroxyl groups is 2. The Balaban J connectivity index is 2.15. The van der Waals surface area contributed by atoms with Crippen molar-refractivity contribution in [2.24, 2.45) is 5.92 Å². The SMILES string of the molecule is C[C@H]([C@H](O)c1ccc(Cl)cc1)[C@H](O)c1ccc(C(F)(F)F)cc1. The minimum absolute atomic E-state index is 0.318. The van der Waals surface area contributed by atoms with Gasteiger partial charge in [0.1, 0.15) is 0 Å². The molecule has 2 aromatic carbocycles. The van der Waals surface area contributed by atoms with Crippen molar-refractivity contribution in [1.82, 2.24) is 0 Å². The van der Waals surface area contributed by atoms with Gasteiger partial charge < -0.3 is 10.2 Å². The summed E-state index contributed by atoms with van der Waals surface area (Å²) >= 11 is 5.78. The van der Waals surface area contributed by atoms with Crippen LogP contribution in [0.1, 0.15) is 35.8 Å². The second-order valence-corrected chi connectivity index (χ2v) is 5.86. The first-order chi connectivity index (χ1) is 10.7. The normalized spacial score (nSPS) is 16.0. The summed E-state index contributed by atoms with van der Waals surface area (Å²) in [6.45, 7) is 1.63. The van der Waals surface area contributed by atoms with Gasteiger partial charge in [-0.15, -0.1) is 0 Å². The van der Waals surface area contributed by atoms with Gasteiger partial charge in [-0.05, 0) is 35.4 Å². The molecule has 0 bridgehead atoms. The smallest absolute Gasteiger partial charge is 0.388 e. The van der Waals surface area contributed by atoms with E-state index in [1.165, 1.54) is 12.1 Å². The van der Waals surface area contributed by atoms with Crippen molar-refractivity contribution < 1.29 is 23.4 Å². The van der Waals surface area contributed by atoms with Gasteiger partial charge in [-0.3, -0.25) is 0 Å². The Morgan fingerprint density at radius 2 is 1.22 bits per heavy atom. The van der Waals surface area contributed by atoms with Crippen LogP contribution in [0.4, 0.5) is 13.2 Å². The lowest BCUT2D eigenvalue weighted by atomic mass is 9.88. The molecular weight excluding hydrogens is 329 g/mol. The number of hydrogen-bond donors (Lipinski definition) is 2. The van der Waals surface area contributed by atoms with Gasteiger partial charge in [-0.1, -0.05) is 42.8 Å². The van der Waals surface area contributed by atoms with Crippen LogP contribution in [0.2, 0.25) is 5.02 Å². The summed E-state index contributed by atoms with van der Waals surface area (Å²) in [5, 5.41) is 21.1. The van der Waals surface area contributed by atoms with Crippen LogP contribution in [0.25, 0.3) is 0 Å². The minimum Gasteiger partial charge on any atom is -0.388 e. The van der Waals surface area contributed by atoms with E-state index in [1.54, 1.807) is 31.2 Å². The molecule has 0 saturated heterocycles. The van der Waals surface area contributed by atoms with Crippen molar-refractivity contribution in [1.29, 1.82) is 0 Å². The molecule has 2 rings (SSSR count). The molecule has 0 aliphatic heterocycles. The summed E-state index contributed by atoms with van der Waals surface area (Å²) in [5.74, 6) is -0.604. The average Bonchev–Trinajstić information content (AvgIpc) is 2.53. The molecule has 0 saturated carbocycles. The summed E-state index contributed by atoms with van der Waals surface area (Å²) in [4.78, 5) is 0. The van der Waals surface area contributed by atoms with Crippen LogP contribution in [0, 0.1) is 5.92 Å². The predicted octanol–water partition coefficient (Wildman–Crippen LogP) is 4.76. The third-order valence-corrected chi connectivity index (χ3v) is 4.04. The number of aliphatic hydroxyl groups excluding tert-OH is 2. The maximum Gasteiger partial charge on any atom is 0.416 e. The first kappa shape index (κ1) is 17.8. The molecule has 2 aromatic rings. The van der Waals surface area contributed by atoms with Crippen LogP contribution < -0.4 is 0 Å². The summed E-state index contributed by atoms with van der Waals surface area (Å²) in [5.41, 5.74) is 0.116. The highest BCUT2D eigenvalue weighted by atomic mass is 35.5. The molecule has 2 nitrogen and oxygen atoms in total. The molecule has 3 atom stereocenters. The maximum atomic E-state index is 12.5. The Labute approximate surface area is 137 Å². The molecule has 0 heterocycles. The van der Waals surface area contributed by atoms with E-state index in [1.807, 2.05) is 0 Å². The Morgan fingerprint density at radius 1 is 0.826 bits per heavy atom. The molecule has 124 valence electrons. The topological polar surface area (TPSA) is 40.5 Å². The Morgan fingerprint density at radius 3 is 1.61 bits per heavy atom. The van der Waals surface area contributed by atoms with Crippen molar-refractivity contribution in [3.8, 4) is 0 Å². The molecule has 23 heavy (non-hydrogen) atoms. The third-order valence-electron chi connectivity index (χ3n) is 3.79. The van der Waals surface area contributed by atoms with Gasteiger partial charge >= 0.3 is 6.18 Å². The minimum atomic E-state index is -4.42. The van der Waals surface area contributed by atoms with Crippen molar-refractivity contribution in [2.45, 2.75) is 25.3 Å². The number of hydrogen-bond acceptors (Lipinski definition) is 2. The van der Waals surface area contributed by atoms with Crippen LogP contribution >= 0.6 is 11.6 Å². The van der Waals surface area contributed by atoms with Gasteiger partial charge in [-0.2, -0.15) is 13.2 Å². The predicted molar refractivity (Wildman–Crippen MR) is 82.0 cm³/mol. The van der Waals surface area contributed by atoms with Crippen LogP contribution in [-0.2, 0) is 6.18 Å². The lowest BCUT2D eigenvalue weighted by molar-refractivity contribution is -0.137. The highest BCUT2D eigenvalue weighted by molar-refractivity contribution is 6.30. The molecule has 0 radical (unpaired) electrons. The van der Waals surface area contributed by atoms with E-state index in [2.05, 4.69) is 0 Å². The first-order valence-corrected chi connectivity index (χ1v) is 7.36. The van der Waals surface area contributed by atoms with E-state index >= 15 is 0 Å². The van der Waals surface area contributed by atoms with Crippen LogP contribution in [-0.4, -0.2) is 10.2 Å². The van der Waals surface area contributed by atoms with E-state index in [0.717, 1.165) is 12.1 Å². The molecule has 2 N–H and O–H groups in total. The lowest BCUT2D eigenvalue weighted by Crippen LogP contribution is -2.18. The second kappa shape index (κ2) is 6.91. The quantitative estimate of drug-likeness (QED) is 0.839. The molecule has 6 heteroatoms. The van der Waals surface area contributed by atoms with Gasteiger partial charge in [0.2, 0.25) is 0 Å². The maximum absolute atomic E-state index is 12.5. The zero-order valence-electron chi connectivity index (χ0n) is 12.3. The van der Waals surface area contributed by atoms with Crippen LogP contribution in [0.15, 0.2) is 48.5 Å². The third kappa shape index (κ3) is 4.25. The van der Waals surface area contributed by atoms with Gasteiger partial charge in [0.15, 0.2) is 0 Å². The Bertz CT molecular complexity index is 638. The van der Waals surface area contributed by atoms with Crippen molar-refractivity contribution in [3.63, 3.8) is 0 Å². The molecule has 0 spiro atoms. The van der Waals surface area contributed by atoms with Crippen LogP contribution in [0.5, 0.6) is 0 Å². The highest BCUT2D eigenvalue weighted by Crippen LogP contribution is 2.35. The molecule has 0 fully saturated rings. The monoisotopic (exact) mass is 344 g/mol. The molecule has 0 aliphatic rings. The Kier molecular flexibility index (Phi) is 5.34. The van der Waals surface area contributed by atoms with Gasteiger partial charge in [-0.25, -0.2) is 0 Å². The highest BCUT2D eigenvalue weighted by Gasteiger charge is 2.31. The molecule has 0 aliphatic carbocycles. The zero-order valence-corrected chi connectivity index (χ0v) is 13.0. The largest absolute Gasteiger partial charge is 0.416 e. The van der Waals surface area contributed by atoms with Gasteiger partial charge in [0, 0.05) is 10.9 Å². The van der Waals surface area contributed by atoms with E-state index in [9.17, 15) is 23.4 Å².